The van der Waals surface area contributed by atoms with Gasteiger partial charge in [0, 0.05) is 17.4 Å². The van der Waals surface area contributed by atoms with E-state index in [-0.39, 0.29) is 12.2 Å². The second kappa shape index (κ2) is 8.11. The maximum atomic E-state index is 12.2. The molecule has 1 heterocycles. The molecule has 26 heavy (non-hydrogen) atoms. The molecule has 1 N–H and O–H groups in total. The molecule has 132 valence electrons. The van der Waals surface area contributed by atoms with E-state index in [0.717, 1.165) is 17.0 Å². The summed E-state index contributed by atoms with van der Waals surface area (Å²) in [7, 11) is 1.61. The normalized spacial score (nSPS) is 10.2. The summed E-state index contributed by atoms with van der Waals surface area (Å²) in [6.45, 7) is 2.04. The zero-order valence-electron chi connectivity index (χ0n) is 14.6. The first-order chi connectivity index (χ1) is 12.7. The summed E-state index contributed by atoms with van der Waals surface area (Å²) in [5.41, 5.74) is 1.91. The number of anilines is 2. The van der Waals surface area contributed by atoms with E-state index in [4.69, 9.17) is 9.47 Å². The Hall–Kier alpha value is -3.41. The van der Waals surface area contributed by atoms with Crippen molar-refractivity contribution in [2.75, 3.05) is 19.0 Å². The van der Waals surface area contributed by atoms with Crippen molar-refractivity contribution < 1.29 is 14.3 Å². The van der Waals surface area contributed by atoms with Crippen LogP contribution in [-0.4, -0.2) is 29.7 Å². The van der Waals surface area contributed by atoms with E-state index in [9.17, 15) is 4.79 Å². The van der Waals surface area contributed by atoms with Gasteiger partial charge >= 0.3 is 5.97 Å². The monoisotopic (exact) mass is 349 g/mol. The predicted molar refractivity (Wildman–Crippen MR) is 99.7 cm³/mol. The van der Waals surface area contributed by atoms with E-state index in [1.165, 1.54) is 6.20 Å². The Morgan fingerprint density at radius 2 is 1.81 bits per heavy atom. The van der Waals surface area contributed by atoms with Crippen LogP contribution in [0.2, 0.25) is 0 Å². The van der Waals surface area contributed by atoms with E-state index in [1.807, 2.05) is 54.6 Å². The molecule has 0 unspecified atom stereocenters. The number of hydrogen-bond donors (Lipinski definition) is 1. The zero-order valence-corrected chi connectivity index (χ0v) is 14.6. The molecule has 6 heteroatoms. The summed E-state index contributed by atoms with van der Waals surface area (Å²) in [4.78, 5) is 21.1. The first kappa shape index (κ1) is 17.4. The molecule has 0 radical (unpaired) electrons. The van der Waals surface area contributed by atoms with Crippen LogP contribution in [0.4, 0.5) is 11.5 Å². The van der Waals surface area contributed by atoms with Gasteiger partial charge in [0.15, 0.2) is 5.82 Å². The molecule has 0 aliphatic carbocycles. The van der Waals surface area contributed by atoms with Gasteiger partial charge in [0.25, 0.3) is 0 Å². The summed E-state index contributed by atoms with van der Waals surface area (Å²) in [5.74, 6) is 1.19. The van der Waals surface area contributed by atoms with Crippen molar-refractivity contribution in [2.24, 2.45) is 0 Å². The van der Waals surface area contributed by atoms with Gasteiger partial charge in [-0.3, -0.25) is 0 Å². The van der Waals surface area contributed by atoms with Gasteiger partial charge in [0.05, 0.1) is 13.7 Å². The number of esters is 1. The Balaban J connectivity index is 1.98. The minimum atomic E-state index is -0.469. The number of methoxy groups -OCH3 is 1. The van der Waals surface area contributed by atoms with Crippen molar-refractivity contribution >= 4 is 17.5 Å². The third-order valence-corrected chi connectivity index (χ3v) is 3.67. The van der Waals surface area contributed by atoms with Crippen LogP contribution < -0.4 is 10.1 Å². The van der Waals surface area contributed by atoms with Crippen LogP contribution in [0.15, 0.2) is 60.8 Å². The molecule has 0 aliphatic heterocycles. The number of benzene rings is 2. The molecule has 0 bridgehead atoms. The highest BCUT2D eigenvalue weighted by Gasteiger charge is 2.17. The van der Waals surface area contributed by atoms with Crippen molar-refractivity contribution in [1.82, 2.24) is 9.97 Å². The second-order valence-electron chi connectivity index (χ2n) is 5.40. The molecule has 0 aliphatic rings. The predicted octanol–water partition coefficient (Wildman–Crippen LogP) is 4.07. The molecule has 3 aromatic rings. The molecule has 6 nitrogen and oxygen atoms in total. The highest BCUT2D eigenvalue weighted by Crippen LogP contribution is 2.24. The van der Waals surface area contributed by atoms with Gasteiger partial charge in [-0.15, -0.1) is 0 Å². The van der Waals surface area contributed by atoms with Gasteiger partial charge in [0.2, 0.25) is 0 Å². The van der Waals surface area contributed by atoms with Crippen LogP contribution in [0.1, 0.15) is 17.3 Å². The van der Waals surface area contributed by atoms with Crippen LogP contribution in [0.5, 0.6) is 5.75 Å². The van der Waals surface area contributed by atoms with Crippen molar-refractivity contribution in [3.8, 4) is 17.1 Å². The van der Waals surface area contributed by atoms with E-state index >= 15 is 0 Å². The number of hydrogen-bond acceptors (Lipinski definition) is 6. The number of nitrogens with one attached hydrogen (secondary N) is 1. The van der Waals surface area contributed by atoms with Crippen LogP contribution in [0.3, 0.4) is 0 Å². The summed E-state index contributed by atoms with van der Waals surface area (Å²) in [5, 5.41) is 3.17. The fourth-order valence-corrected chi connectivity index (χ4v) is 2.37. The van der Waals surface area contributed by atoms with Crippen molar-refractivity contribution in [1.29, 1.82) is 0 Å². The van der Waals surface area contributed by atoms with Crippen LogP contribution in [0, 0.1) is 0 Å². The van der Waals surface area contributed by atoms with E-state index in [1.54, 1.807) is 14.0 Å². The van der Waals surface area contributed by atoms with Crippen molar-refractivity contribution in [3.05, 3.63) is 66.4 Å². The van der Waals surface area contributed by atoms with Gasteiger partial charge < -0.3 is 14.8 Å². The SMILES string of the molecule is CCOC(=O)c1cnc(-c2ccccc2)nc1Nc1ccc(OC)cc1. The Morgan fingerprint density at radius 3 is 2.46 bits per heavy atom. The minimum absolute atomic E-state index is 0.279. The first-order valence-corrected chi connectivity index (χ1v) is 8.22. The van der Waals surface area contributed by atoms with Gasteiger partial charge in [-0.25, -0.2) is 14.8 Å². The molecule has 0 fully saturated rings. The van der Waals surface area contributed by atoms with E-state index < -0.39 is 5.97 Å². The standard InChI is InChI=1S/C20H19N3O3/c1-3-26-20(24)17-13-21-18(14-7-5-4-6-8-14)23-19(17)22-15-9-11-16(25-2)12-10-15/h4-13H,3H2,1-2H3,(H,21,22,23). The fraction of sp³-hybridized carbons (Fsp3) is 0.150. The first-order valence-electron chi connectivity index (χ1n) is 8.22. The van der Waals surface area contributed by atoms with Crippen LogP contribution in [-0.2, 0) is 4.74 Å². The average molecular weight is 349 g/mol. The number of aromatic nitrogens is 2. The molecule has 2 aromatic carbocycles. The van der Waals surface area contributed by atoms with Gasteiger partial charge in [-0.1, -0.05) is 30.3 Å². The number of rotatable bonds is 6. The zero-order chi connectivity index (χ0) is 18.4. The molecule has 1 aromatic heterocycles. The van der Waals surface area contributed by atoms with Crippen molar-refractivity contribution in [3.63, 3.8) is 0 Å². The molecule has 3 rings (SSSR count). The van der Waals surface area contributed by atoms with Crippen LogP contribution in [0.25, 0.3) is 11.4 Å². The maximum absolute atomic E-state index is 12.2. The lowest BCUT2D eigenvalue weighted by Gasteiger charge is -2.12. The quantitative estimate of drug-likeness (QED) is 0.676. The Morgan fingerprint density at radius 1 is 1.08 bits per heavy atom. The topological polar surface area (TPSA) is 73.3 Å². The second-order valence-corrected chi connectivity index (χ2v) is 5.40. The van der Waals surface area contributed by atoms with Gasteiger partial charge in [-0.05, 0) is 31.2 Å². The minimum Gasteiger partial charge on any atom is -0.497 e. The summed E-state index contributed by atoms with van der Waals surface area (Å²) in [6, 6.07) is 16.9. The third kappa shape index (κ3) is 3.97. The molecular weight excluding hydrogens is 330 g/mol. The van der Waals surface area contributed by atoms with Gasteiger partial charge in [-0.2, -0.15) is 0 Å². The maximum Gasteiger partial charge on any atom is 0.343 e. The van der Waals surface area contributed by atoms with E-state index in [0.29, 0.717) is 11.6 Å². The molecule has 0 atom stereocenters. The van der Waals surface area contributed by atoms with Crippen LogP contribution >= 0.6 is 0 Å². The smallest absolute Gasteiger partial charge is 0.343 e. The number of nitrogens with zero attached hydrogens (tertiary/aromatic N) is 2. The molecular formula is C20H19N3O3. The lowest BCUT2D eigenvalue weighted by atomic mass is 10.2. The number of carbonyl (C=O) groups excluding carboxylic acids is 1. The highest BCUT2D eigenvalue weighted by molar-refractivity contribution is 5.95. The lowest BCUT2D eigenvalue weighted by molar-refractivity contribution is 0.0526. The highest BCUT2D eigenvalue weighted by atomic mass is 16.5. The average Bonchev–Trinajstić information content (AvgIpc) is 2.69. The molecule has 0 spiro atoms. The molecule has 0 saturated carbocycles. The van der Waals surface area contributed by atoms with Crippen molar-refractivity contribution in [2.45, 2.75) is 6.92 Å². The number of ether oxygens (including phenoxy) is 2. The lowest BCUT2D eigenvalue weighted by Crippen LogP contribution is -2.11. The molecule has 0 saturated heterocycles. The van der Waals surface area contributed by atoms with Gasteiger partial charge in [0.1, 0.15) is 17.1 Å². The van der Waals surface area contributed by atoms with E-state index in [2.05, 4.69) is 15.3 Å². The Labute approximate surface area is 151 Å². The molecule has 0 amide bonds. The largest absolute Gasteiger partial charge is 0.497 e. The summed E-state index contributed by atoms with van der Waals surface area (Å²) >= 11 is 0. The third-order valence-electron chi connectivity index (χ3n) is 3.67. The summed E-state index contributed by atoms with van der Waals surface area (Å²) < 4.78 is 10.3. The fourth-order valence-electron chi connectivity index (χ4n) is 2.37. The Kier molecular flexibility index (Phi) is 5.43. The summed E-state index contributed by atoms with van der Waals surface area (Å²) in [6.07, 6.45) is 1.49. The Bertz CT molecular complexity index is 881. The number of carbonyl (C=O) groups is 1.